The summed E-state index contributed by atoms with van der Waals surface area (Å²) in [6.45, 7) is 8.02. The summed E-state index contributed by atoms with van der Waals surface area (Å²) < 4.78 is 5.04. The van der Waals surface area contributed by atoms with E-state index < -0.39 is 0 Å². The molecule has 1 aliphatic heterocycles. The minimum absolute atomic E-state index is 0. The van der Waals surface area contributed by atoms with Crippen LogP contribution in [0.4, 0.5) is 0 Å². The van der Waals surface area contributed by atoms with Crippen LogP contribution in [0.2, 0.25) is 0 Å². The first-order valence-corrected chi connectivity index (χ1v) is 6.89. The average Bonchev–Trinajstić information content (AvgIpc) is 2.76. The molecule has 1 aliphatic rings. The molecule has 0 amide bonds. The van der Waals surface area contributed by atoms with Gasteiger partial charge in [0, 0.05) is 6.54 Å². The van der Waals surface area contributed by atoms with E-state index in [2.05, 4.69) is 28.9 Å². The molecule has 2 rings (SSSR count). The van der Waals surface area contributed by atoms with Gasteiger partial charge in [0.1, 0.15) is 0 Å². The number of likely N-dealkylation sites (tertiary alicyclic amines) is 1. The fraction of sp³-hybridized carbons (Fsp3) is 0.846. The number of hydrogen-bond donors (Lipinski definition) is 1. The van der Waals surface area contributed by atoms with Gasteiger partial charge in [0.05, 0.1) is 13.1 Å². The molecule has 2 N–H and O–H groups in total. The second-order valence-electron chi connectivity index (χ2n) is 5.68. The first kappa shape index (κ1) is 16.4. The summed E-state index contributed by atoms with van der Waals surface area (Å²) >= 11 is 0. The van der Waals surface area contributed by atoms with E-state index >= 15 is 0 Å². The van der Waals surface area contributed by atoms with Crippen LogP contribution in [0.25, 0.3) is 0 Å². The van der Waals surface area contributed by atoms with E-state index in [1.807, 2.05) is 0 Å². The summed E-state index contributed by atoms with van der Waals surface area (Å²) in [5.41, 5.74) is 5.92. The highest BCUT2D eigenvalue weighted by Crippen LogP contribution is 2.34. The van der Waals surface area contributed by atoms with E-state index in [9.17, 15) is 0 Å². The van der Waals surface area contributed by atoms with Gasteiger partial charge in [0.25, 0.3) is 0 Å². The summed E-state index contributed by atoms with van der Waals surface area (Å²) in [7, 11) is 0. The number of hydrogen-bond acceptors (Lipinski definition) is 5. The largest absolute Gasteiger partial charge is 0.338 e. The minimum atomic E-state index is 0. The van der Waals surface area contributed by atoms with Crippen LogP contribution in [0.5, 0.6) is 0 Å². The molecule has 110 valence electrons. The molecule has 1 aromatic rings. The zero-order valence-electron chi connectivity index (χ0n) is 11.9. The van der Waals surface area contributed by atoms with Crippen molar-refractivity contribution in [1.82, 2.24) is 15.0 Å². The molecule has 2 heterocycles. The Kier molecular flexibility index (Phi) is 6.23. The van der Waals surface area contributed by atoms with Crippen molar-refractivity contribution >= 4 is 12.4 Å². The zero-order chi connectivity index (χ0) is 13.0. The molecular formula is C13H25ClN4O. The predicted octanol–water partition coefficient (Wildman–Crippen LogP) is 2.35. The number of aromatic nitrogens is 2. The maximum Gasteiger partial charge on any atom is 0.240 e. The van der Waals surface area contributed by atoms with Crippen LogP contribution >= 0.6 is 12.4 Å². The van der Waals surface area contributed by atoms with E-state index in [0.717, 1.165) is 25.5 Å². The van der Waals surface area contributed by atoms with Crippen LogP contribution in [-0.4, -0.2) is 28.1 Å². The smallest absolute Gasteiger partial charge is 0.240 e. The van der Waals surface area contributed by atoms with Gasteiger partial charge in [0.2, 0.25) is 5.89 Å². The number of nitrogens with zero attached hydrogens (tertiary/aromatic N) is 3. The highest BCUT2D eigenvalue weighted by Gasteiger charge is 2.30. The SMILES string of the molecule is CCCC1(C)CCCN(Cc2noc(CN)n2)C1.Cl. The number of piperidine rings is 1. The Morgan fingerprint density at radius 2 is 2.26 bits per heavy atom. The first-order valence-electron chi connectivity index (χ1n) is 6.89. The Morgan fingerprint density at radius 3 is 2.89 bits per heavy atom. The molecule has 1 aromatic heterocycles. The maximum atomic E-state index is 5.47. The number of rotatable bonds is 5. The molecule has 1 unspecified atom stereocenters. The second kappa shape index (κ2) is 7.22. The Bertz CT molecular complexity index is 380. The van der Waals surface area contributed by atoms with Gasteiger partial charge in [0.15, 0.2) is 5.82 Å². The van der Waals surface area contributed by atoms with Gasteiger partial charge >= 0.3 is 0 Å². The van der Waals surface area contributed by atoms with E-state index in [1.54, 1.807) is 0 Å². The summed E-state index contributed by atoms with van der Waals surface area (Å²) in [5, 5.41) is 3.97. The van der Waals surface area contributed by atoms with Gasteiger partial charge in [-0.15, -0.1) is 12.4 Å². The van der Waals surface area contributed by atoms with Crippen molar-refractivity contribution in [2.45, 2.75) is 52.6 Å². The lowest BCUT2D eigenvalue weighted by molar-refractivity contribution is 0.0863. The quantitative estimate of drug-likeness (QED) is 0.901. The third kappa shape index (κ3) is 4.44. The lowest BCUT2D eigenvalue weighted by atomic mass is 9.78. The lowest BCUT2D eigenvalue weighted by Crippen LogP contribution is -2.41. The number of halogens is 1. The van der Waals surface area contributed by atoms with Gasteiger partial charge in [-0.05, 0) is 31.2 Å². The van der Waals surface area contributed by atoms with E-state index in [-0.39, 0.29) is 12.4 Å². The van der Waals surface area contributed by atoms with Crippen molar-refractivity contribution < 1.29 is 4.52 Å². The zero-order valence-corrected chi connectivity index (χ0v) is 12.7. The van der Waals surface area contributed by atoms with Crippen molar-refractivity contribution in [1.29, 1.82) is 0 Å². The summed E-state index contributed by atoms with van der Waals surface area (Å²) in [6.07, 6.45) is 5.14. The Balaban J connectivity index is 0.00000180. The standard InChI is InChI=1S/C13H24N4O.ClH/c1-3-5-13(2)6-4-7-17(10-13)9-11-15-12(8-14)18-16-11;/h3-10,14H2,1-2H3;1H. The van der Waals surface area contributed by atoms with Crippen LogP contribution in [-0.2, 0) is 13.1 Å². The van der Waals surface area contributed by atoms with E-state index in [4.69, 9.17) is 10.3 Å². The van der Waals surface area contributed by atoms with Gasteiger partial charge in [-0.2, -0.15) is 4.98 Å². The molecule has 1 fully saturated rings. The van der Waals surface area contributed by atoms with Crippen molar-refractivity contribution in [3.8, 4) is 0 Å². The molecule has 0 saturated carbocycles. The van der Waals surface area contributed by atoms with Gasteiger partial charge in [-0.1, -0.05) is 25.4 Å². The topological polar surface area (TPSA) is 68.2 Å². The summed E-state index contributed by atoms with van der Waals surface area (Å²) in [5.74, 6) is 1.29. The van der Waals surface area contributed by atoms with Crippen molar-refractivity contribution in [3.05, 3.63) is 11.7 Å². The molecule has 0 aliphatic carbocycles. The fourth-order valence-electron chi connectivity index (χ4n) is 3.01. The van der Waals surface area contributed by atoms with Crippen LogP contribution < -0.4 is 5.73 Å². The Morgan fingerprint density at radius 1 is 1.47 bits per heavy atom. The normalized spacial score (nSPS) is 24.2. The molecule has 5 nitrogen and oxygen atoms in total. The van der Waals surface area contributed by atoms with Crippen LogP contribution in [0.3, 0.4) is 0 Å². The van der Waals surface area contributed by atoms with Gasteiger partial charge < -0.3 is 10.3 Å². The van der Waals surface area contributed by atoms with E-state index in [0.29, 0.717) is 17.9 Å². The molecule has 0 bridgehead atoms. The molecular weight excluding hydrogens is 264 g/mol. The summed E-state index contributed by atoms with van der Waals surface area (Å²) in [6, 6.07) is 0. The molecule has 0 aromatic carbocycles. The van der Waals surface area contributed by atoms with Crippen LogP contribution in [0, 0.1) is 5.41 Å². The molecule has 1 saturated heterocycles. The van der Waals surface area contributed by atoms with E-state index in [1.165, 1.54) is 25.7 Å². The molecule has 0 radical (unpaired) electrons. The highest BCUT2D eigenvalue weighted by atomic mass is 35.5. The first-order chi connectivity index (χ1) is 8.65. The molecule has 1 atom stereocenters. The monoisotopic (exact) mass is 288 g/mol. The molecule has 19 heavy (non-hydrogen) atoms. The fourth-order valence-corrected chi connectivity index (χ4v) is 3.01. The van der Waals surface area contributed by atoms with Crippen LogP contribution in [0.1, 0.15) is 51.2 Å². The van der Waals surface area contributed by atoms with Gasteiger partial charge in [-0.3, -0.25) is 4.90 Å². The van der Waals surface area contributed by atoms with Crippen molar-refractivity contribution in [2.24, 2.45) is 11.1 Å². The van der Waals surface area contributed by atoms with Gasteiger partial charge in [-0.25, -0.2) is 0 Å². The second-order valence-corrected chi connectivity index (χ2v) is 5.68. The lowest BCUT2D eigenvalue weighted by Gasteiger charge is -2.40. The highest BCUT2D eigenvalue weighted by molar-refractivity contribution is 5.85. The third-order valence-corrected chi connectivity index (χ3v) is 3.76. The van der Waals surface area contributed by atoms with Crippen LogP contribution in [0.15, 0.2) is 4.52 Å². The third-order valence-electron chi connectivity index (χ3n) is 3.76. The number of nitrogens with two attached hydrogens (primary N) is 1. The minimum Gasteiger partial charge on any atom is -0.338 e. The predicted molar refractivity (Wildman–Crippen MR) is 77.0 cm³/mol. The average molecular weight is 289 g/mol. The Labute approximate surface area is 121 Å². The van der Waals surface area contributed by atoms with Crippen molar-refractivity contribution in [3.63, 3.8) is 0 Å². The Hall–Kier alpha value is -0.650. The molecule has 0 spiro atoms. The van der Waals surface area contributed by atoms with Crippen molar-refractivity contribution in [2.75, 3.05) is 13.1 Å². The summed E-state index contributed by atoms with van der Waals surface area (Å²) in [4.78, 5) is 6.71. The maximum absolute atomic E-state index is 5.47. The molecule has 6 heteroatoms.